The van der Waals surface area contributed by atoms with Gasteiger partial charge in [-0.15, -0.1) is 0 Å². The molecule has 17 heteroatoms. The van der Waals surface area contributed by atoms with E-state index in [1.165, 1.54) is 26.0 Å². The fraction of sp³-hybridized carbons (Fsp3) is 0.522. The Morgan fingerprint density at radius 3 is 2.77 bits per heavy atom. The number of benzene rings is 1. The molecule has 1 unspecified atom stereocenters. The monoisotopic (exact) mass is 600 g/mol. The van der Waals surface area contributed by atoms with Crippen LogP contribution >= 0.6 is 19.3 Å². The van der Waals surface area contributed by atoms with Gasteiger partial charge in [0.15, 0.2) is 6.23 Å². The van der Waals surface area contributed by atoms with Crippen LogP contribution in [0.4, 0.5) is 0 Å². The van der Waals surface area contributed by atoms with Crippen LogP contribution in [0.15, 0.2) is 51.2 Å². The number of aliphatic hydroxyl groups is 1. The standard InChI is InChI=1S/C23H30ClN6O9P/c1-4-5-12-36-20(33)14(2)27-40(35,39-16-9-7-6-8-15(16)24)37-13-17-19(32)23(3,28-29-25)21(38-17)30-11-10-18(31)26-22(30)34/h6-11,14,17,19,21,32H,4-5,12-13H2,1-3H3,(H,27,35)(H,26,31,34)/t14-,17+,19+,21+,23+,40?/m0/s1. The van der Waals surface area contributed by atoms with Gasteiger partial charge in [-0.2, -0.15) is 5.09 Å². The van der Waals surface area contributed by atoms with E-state index in [0.29, 0.717) is 6.42 Å². The summed E-state index contributed by atoms with van der Waals surface area (Å²) in [5.74, 6) is -0.721. The Hall–Kier alpha value is -3.16. The number of carbonyl (C=O) groups is 1. The number of halogens is 1. The van der Waals surface area contributed by atoms with Crippen LogP contribution in [0.3, 0.4) is 0 Å². The number of ether oxygens (including phenoxy) is 2. The maximum absolute atomic E-state index is 13.8. The minimum absolute atomic E-state index is 0.0176. The zero-order chi connectivity index (χ0) is 29.5. The van der Waals surface area contributed by atoms with E-state index < -0.39 is 61.6 Å². The van der Waals surface area contributed by atoms with Crippen molar-refractivity contribution < 1.29 is 33.0 Å². The van der Waals surface area contributed by atoms with E-state index in [-0.39, 0.29) is 17.4 Å². The van der Waals surface area contributed by atoms with Crippen molar-refractivity contribution in [3.63, 3.8) is 0 Å². The molecule has 1 aromatic carbocycles. The molecule has 1 aliphatic rings. The summed E-state index contributed by atoms with van der Waals surface area (Å²) in [6.07, 6.45) is -1.69. The lowest BCUT2D eigenvalue weighted by Gasteiger charge is -2.28. The predicted molar refractivity (Wildman–Crippen MR) is 143 cm³/mol. The average Bonchev–Trinajstić information content (AvgIpc) is 3.14. The predicted octanol–water partition coefficient (Wildman–Crippen LogP) is 3.04. The topological polar surface area (TPSA) is 207 Å². The molecule has 40 heavy (non-hydrogen) atoms. The number of para-hydroxylation sites is 1. The summed E-state index contributed by atoms with van der Waals surface area (Å²) in [5, 5.41) is 17.3. The van der Waals surface area contributed by atoms with Crippen LogP contribution in [0.2, 0.25) is 5.02 Å². The molecule has 0 bridgehead atoms. The minimum atomic E-state index is -4.41. The molecule has 2 heterocycles. The quantitative estimate of drug-likeness (QED) is 0.0764. The fourth-order valence-corrected chi connectivity index (χ4v) is 5.59. The number of nitrogens with zero attached hydrogens (tertiary/aromatic N) is 4. The summed E-state index contributed by atoms with van der Waals surface area (Å²) in [4.78, 5) is 41.2. The number of unbranched alkanes of at least 4 members (excludes halogenated alkanes) is 1. The third-order valence-corrected chi connectivity index (χ3v) is 7.97. The van der Waals surface area contributed by atoms with Gasteiger partial charge in [-0.25, -0.2) is 9.36 Å². The van der Waals surface area contributed by atoms with Crippen LogP contribution in [0.5, 0.6) is 5.75 Å². The number of H-pyrrole nitrogens is 1. The van der Waals surface area contributed by atoms with Crippen molar-refractivity contribution in [3.8, 4) is 5.75 Å². The zero-order valence-electron chi connectivity index (χ0n) is 21.9. The van der Waals surface area contributed by atoms with Crippen molar-refractivity contribution in [2.45, 2.75) is 63.6 Å². The average molecular weight is 601 g/mol. The van der Waals surface area contributed by atoms with Gasteiger partial charge in [0.2, 0.25) is 0 Å². The van der Waals surface area contributed by atoms with Crippen LogP contribution < -0.4 is 20.9 Å². The molecule has 0 aliphatic carbocycles. The smallest absolute Gasteiger partial charge is 0.459 e. The highest BCUT2D eigenvalue weighted by molar-refractivity contribution is 7.52. The molecule has 1 aromatic heterocycles. The first-order valence-electron chi connectivity index (χ1n) is 12.3. The molecule has 0 spiro atoms. The SMILES string of the molecule is CCCCOC(=O)[C@H](C)NP(=O)(OC[C@H]1O[C@@H](n2ccc(=O)[nH]c2=O)[C@](C)(N=[N+]=[N-])[C@@H]1O)Oc1ccccc1Cl. The summed E-state index contributed by atoms with van der Waals surface area (Å²) in [5.41, 5.74) is 5.84. The third kappa shape index (κ3) is 7.32. The summed E-state index contributed by atoms with van der Waals surface area (Å²) < 4.78 is 36.9. The Labute approximate surface area is 233 Å². The molecule has 15 nitrogen and oxygen atoms in total. The number of carbonyl (C=O) groups excluding carboxylic acids is 1. The van der Waals surface area contributed by atoms with Crippen LogP contribution in [0.1, 0.15) is 39.8 Å². The van der Waals surface area contributed by atoms with Gasteiger partial charge >= 0.3 is 19.4 Å². The summed E-state index contributed by atoms with van der Waals surface area (Å²) in [7, 11) is -4.41. The third-order valence-electron chi connectivity index (χ3n) is 6.03. The summed E-state index contributed by atoms with van der Waals surface area (Å²) in [6.45, 7) is 4.23. The Balaban J connectivity index is 1.86. The Morgan fingerprint density at radius 2 is 2.12 bits per heavy atom. The molecule has 0 amide bonds. The van der Waals surface area contributed by atoms with Crippen molar-refractivity contribution in [3.05, 3.63) is 72.8 Å². The summed E-state index contributed by atoms with van der Waals surface area (Å²) in [6, 6.07) is 6.04. The van der Waals surface area contributed by atoms with Gasteiger partial charge in [0.05, 0.1) is 24.3 Å². The molecule has 6 atom stereocenters. The number of aromatic nitrogens is 2. The minimum Gasteiger partial charge on any atom is -0.465 e. The second-order valence-electron chi connectivity index (χ2n) is 9.09. The number of hydrogen-bond acceptors (Lipinski definition) is 10. The lowest BCUT2D eigenvalue weighted by Crippen LogP contribution is -2.45. The highest BCUT2D eigenvalue weighted by Gasteiger charge is 2.55. The lowest BCUT2D eigenvalue weighted by atomic mass is 9.93. The van der Waals surface area contributed by atoms with E-state index in [2.05, 4.69) is 20.1 Å². The van der Waals surface area contributed by atoms with Crippen molar-refractivity contribution in [1.29, 1.82) is 0 Å². The number of hydrogen-bond donors (Lipinski definition) is 3. The number of azide groups is 1. The van der Waals surface area contributed by atoms with Crippen molar-refractivity contribution in [2.75, 3.05) is 13.2 Å². The van der Waals surface area contributed by atoms with Crippen LogP contribution in [0, 0.1) is 0 Å². The van der Waals surface area contributed by atoms with E-state index in [1.807, 2.05) is 6.92 Å². The van der Waals surface area contributed by atoms with E-state index in [9.17, 15) is 24.1 Å². The van der Waals surface area contributed by atoms with Crippen LogP contribution in [-0.4, -0.2) is 57.6 Å². The van der Waals surface area contributed by atoms with Gasteiger partial charge in [0.25, 0.3) is 5.56 Å². The Bertz CT molecular complexity index is 1410. The second-order valence-corrected chi connectivity index (χ2v) is 11.2. The van der Waals surface area contributed by atoms with E-state index >= 15 is 0 Å². The van der Waals surface area contributed by atoms with Crippen molar-refractivity contribution in [1.82, 2.24) is 14.6 Å². The highest BCUT2D eigenvalue weighted by atomic mass is 35.5. The lowest BCUT2D eigenvalue weighted by molar-refractivity contribution is -0.145. The Kier molecular flexibility index (Phi) is 10.6. The highest BCUT2D eigenvalue weighted by Crippen LogP contribution is 2.48. The van der Waals surface area contributed by atoms with E-state index in [4.69, 9.17) is 35.7 Å². The Morgan fingerprint density at radius 1 is 1.40 bits per heavy atom. The zero-order valence-corrected chi connectivity index (χ0v) is 23.6. The van der Waals surface area contributed by atoms with Crippen LogP contribution in [0.25, 0.3) is 10.4 Å². The molecule has 1 saturated heterocycles. The molecule has 218 valence electrons. The van der Waals surface area contributed by atoms with E-state index in [1.54, 1.807) is 12.1 Å². The number of nitrogens with one attached hydrogen (secondary N) is 2. The molecule has 3 rings (SSSR count). The molecular formula is C23H30ClN6O9P. The van der Waals surface area contributed by atoms with E-state index in [0.717, 1.165) is 23.3 Å². The van der Waals surface area contributed by atoms with Crippen molar-refractivity contribution in [2.24, 2.45) is 5.11 Å². The molecule has 3 N–H and O–H groups in total. The molecule has 0 radical (unpaired) electrons. The molecule has 2 aromatic rings. The fourth-order valence-electron chi connectivity index (χ4n) is 3.84. The van der Waals surface area contributed by atoms with Gasteiger partial charge in [0, 0.05) is 17.2 Å². The normalized spacial score (nSPS) is 24.5. The van der Waals surface area contributed by atoms with Gasteiger partial charge in [0.1, 0.15) is 23.4 Å². The first-order chi connectivity index (χ1) is 18.9. The number of esters is 1. The maximum Gasteiger partial charge on any atom is 0.459 e. The van der Waals surface area contributed by atoms with Gasteiger partial charge < -0.3 is 19.1 Å². The van der Waals surface area contributed by atoms with Gasteiger partial charge in [-0.05, 0) is 37.9 Å². The molecule has 0 saturated carbocycles. The number of aromatic amines is 1. The number of aliphatic hydroxyl groups excluding tert-OH is 1. The first-order valence-corrected chi connectivity index (χ1v) is 14.2. The van der Waals surface area contributed by atoms with Gasteiger partial charge in [-0.1, -0.05) is 42.2 Å². The molecule has 1 aliphatic heterocycles. The molecule has 1 fully saturated rings. The van der Waals surface area contributed by atoms with Gasteiger partial charge in [-0.3, -0.25) is 23.7 Å². The second kappa shape index (κ2) is 13.5. The number of rotatable bonds is 13. The molecular weight excluding hydrogens is 571 g/mol. The maximum atomic E-state index is 13.8. The summed E-state index contributed by atoms with van der Waals surface area (Å²) >= 11 is 6.16. The first kappa shape index (κ1) is 31.4. The largest absolute Gasteiger partial charge is 0.465 e. The van der Waals surface area contributed by atoms with Crippen molar-refractivity contribution >= 4 is 25.3 Å². The van der Waals surface area contributed by atoms with Crippen LogP contribution in [-0.2, 0) is 23.4 Å².